The van der Waals surface area contributed by atoms with Crippen molar-refractivity contribution in [3.63, 3.8) is 0 Å². The molecular weight excluding hydrogens is 278 g/mol. The fourth-order valence-electron chi connectivity index (χ4n) is 2.93. The Morgan fingerprint density at radius 2 is 2.05 bits per heavy atom. The highest BCUT2D eigenvalue weighted by atomic mass is 32.1. The summed E-state index contributed by atoms with van der Waals surface area (Å²) in [5.41, 5.74) is 10.4. The number of rotatable bonds is 3. The summed E-state index contributed by atoms with van der Waals surface area (Å²) in [6.07, 6.45) is 5.34. The fraction of sp³-hybridized carbons (Fsp3) is 0.294. The molecule has 1 aromatic heterocycles. The van der Waals surface area contributed by atoms with E-state index >= 15 is 0 Å². The molecule has 2 aromatic rings. The first-order chi connectivity index (χ1) is 10.3. The molecule has 2 N–H and O–H groups in total. The lowest BCUT2D eigenvalue weighted by molar-refractivity contribution is 0.713. The third kappa shape index (κ3) is 3.05. The first-order valence-corrected chi connectivity index (χ1v) is 7.73. The van der Waals surface area contributed by atoms with Crippen LogP contribution in [0.5, 0.6) is 0 Å². The van der Waals surface area contributed by atoms with Crippen molar-refractivity contribution in [2.75, 3.05) is 11.4 Å². The lowest BCUT2D eigenvalue weighted by Crippen LogP contribution is -2.26. The fourth-order valence-corrected chi connectivity index (χ4v) is 3.11. The molecular formula is C17H19N3S. The number of nitrogens with zero attached hydrogens (tertiary/aromatic N) is 2. The number of fused-ring (bicyclic) bond motifs is 1. The molecule has 108 valence electrons. The van der Waals surface area contributed by atoms with Gasteiger partial charge < -0.3 is 10.6 Å². The molecule has 0 saturated heterocycles. The van der Waals surface area contributed by atoms with Gasteiger partial charge in [0.25, 0.3) is 0 Å². The van der Waals surface area contributed by atoms with Crippen molar-refractivity contribution in [2.24, 2.45) is 5.73 Å². The molecule has 1 aromatic carbocycles. The largest absolute Gasteiger partial charge is 0.388 e. The third-order valence-electron chi connectivity index (χ3n) is 3.94. The molecule has 0 spiro atoms. The van der Waals surface area contributed by atoms with Crippen LogP contribution in [0.2, 0.25) is 0 Å². The Balaban J connectivity index is 1.93. The highest BCUT2D eigenvalue weighted by molar-refractivity contribution is 7.80. The van der Waals surface area contributed by atoms with Gasteiger partial charge in [-0.1, -0.05) is 36.5 Å². The van der Waals surface area contributed by atoms with Crippen LogP contribution in [-0.2, 0) is 13.0 Å². The maximum Gasteiger partial charge on any atom is 0.123 e. The van der Waals surface area contributed by atoms with Gasteiger partial charge in [0.1, 0.15) is 10.7 Å². The normalized spacial score (nSPS) is 14.4. The zero-order valence-corrected chi connectivity index (χ0v) is 12.8. The van der Waals surface area contributed by atoms with E-state index in [2.05, 4.69) is 40.2 Å². The highest BCUT2D eigenvalue weighted by Gasteiger charge is 2.17. The molecule has 1 aliphatic rings. The Morgan fingerprint density at radius 3 is 2.90 bits per heavy atom. The van der Waals surface area contributed by atoms with Gasteiger partial charge in [-0.25, -0.2) is 0 Å². The molecule has 0 aliphatic carbocycles. The van der Waals surface area contributed by atoms with Gasteiger partial charge in [0.05, 0.1) is 0 Å². The van der Waals surface area contributed by atoms with Crippen LogP contribution >= 0.6 is 12.2 Å². The minimum Gasteiger partial charge on any atom is -0.388 e. The molecule has 3 rings (SSSR count). The number of aromatic nitrogens is 1. The number of anilines is 1. The lowest BCUT2D eigenvalue weighted by Gasteiger charge is -2.25. The van der Waals surface area contributed by atoms with Gasteiger partial charge in [0.15, 0.2) is 0 Å². The molecule has 0 atom stereocenters. The van der Waals surface area contributed by atoms with Crippen LogP contribution in [0.4, 0.5) is 5.69 Å². The number of para-hydroxylation sites is 1. The second-order valence-electron chi connectivity index (χ2n) is 5.38. The number of aryl methyl sites for hydroxylation is 1. The summed E-state index contributed by atoms with van der Waals surface area (Å²) >= 11 is 5.12. The Morgan fingerprint density at radius 1 is 1.19 bits per heavy atom. The topological polar surface area (TPSA) is 42.1 Å². The quantitative estimate of drug-likeness (QED) is 0.884. The number of nitrogens with two attached hydrogens (primary N) is 1. The van der Waals surface area contributed by atoms with Gasteiger partial charge in [-0.15, -0.1) is 0 Å². The van der Waals surface area contributed by atoms with Crippen molar-refractivity contribution in [3.8, 4) is 0 Å². The van der Waals surface area contributed by atoms with Crippen molar-refractivity contribution in [1.82, 2.24) is 4.98 Å². The number of pyridine rings is 1. The summed E-state index contributed by atoms with van der Waals surface area (Å²) in [6.45, 7) is 1.86. The Hall–Kier alpha value is -1.94. The van der Waals surface area contributed by atoms with E-state index in [1.807, 2.05) is 6.07 Å². The van der Waals surface area contributed by atoms with Crippen LogP contribution < -0.4 is 10.6 Å². The smallest absolute Gasteiger partial charge is 0.123 e. The van der Waals surface area contributed by atoms with E-state index in [0.29, 0.717) is 4.99 Å². The number of hydrogen-bond acceptors (Lipinski definition) is 3. The van der Waals surface area contributed by atoms with Crippen LogP contribution in [-0.4, -0.2) is 16.5 Å². The van der Waals surface area contributed by atoms with Gasteiger partial charge in [0.2, 0.25) is 0 Å². The molecule has 0 amide bonds. The van der Waals surface area contributed by atoms with Crippen LogP contribution in [0.1, 0.15) is 29.7 Å². The van der Waals surface area contributed by atoms with Gasteiger partial charge in [-0.3, -0.25) is 4.98 Å². The second-order valence-corrected chi connectivity index (χ2v) is 5.82. The van der Waals surface area contributed by atoms with Crippen molar-refractivity contribution in [3.05, 3.63) is 59.4 Å². The Kier molecular flexibility index (Phi) is 4.15. The Bertz CT molecular complexity index is 654. The monoisotopic (exact) mass is 297 g/mol. The number of thiocarbonyl (C=S) groups is 1. The predicted molar refractivity (Wildman–Crippen MR) is 90.6 cm³/mol. The summed E-state index contributed by atoms with van der Waals surface area (Å²) in [5.74, 6) is 0. The van der Waals surface area contributed by atoms with E-state index in [9.17, 15) is 0 Å². The zero-order valence-electron chi connectivity index (χ0n) is 12.0. The van der Waals surface area contributed by atoms with E-state index in [-0.39, 0.29) is 0 Å². The average Bonchev–Trinajstić information content (AvgIpc) is 2.70. The van der Waals surface area contributed by atoms with E-state index in [1.54, 1.807) is 6.20 Å². The predicted octanol–water partition coefficient (Wildman–Crippen LogP) is 3.06. The first kappa shape index (κ1) is 14.0. The summed E-state index contributed by atoms with van der Waals surface area (Å²) < 4.78 is 0. The average molecular weight is 297 g/mol. The maximum atomic E-state index is 5.80. The zero-order chi connectivity index (χ0) is 14.7. The van der Waals surface area contributed by atoms with E-state index < -0.39 is 0 Å². The van der Waals surface area contributed by atoms with Crippen molar-refractivity contribution >= 4 is 22.9 Å². The van der Waals surface area contributed by atoms with Gasteiger partial charge in [-0.05, 0) is 37.0 Å². The van der Waals surface area contributed by atoms with E-state index in [1.165, 1.54) is 24.1 Å². The molecule has 0 radical (unpaired) electrons. The summed E-state index contributed by atoms with van der Waals surface area (Å²) in [6, 6.07) is 12.7. The Labute approximate surface area is 130 Å². The molecule has 4 heteroatoms. The molecule has 0 saturated carbocycles. The number of hydrogen-bond donors (Lipinski definition) is 1. The molecule has 3 nitrogen and oxygen atoms in total. The second kappa shape index (κ2) is 6.22. The summed E-state index contributed by atoms with van der Waals surface area (Å²) in [4.78, 5) is 7.12. The summed E-state index contributed by atoms with van der Waals surface area (Å²) in [5, 5.41) is 0. The summed E-state index contributed by atoms with van der Waals surface area (Å²) in [7, 11) is 0. The highest BCUT2D eigenvalue weighted by Crippen LogP contribution is 2.27. The maximum absolute atomic E-state index is 5.80. The molecule has 2 heterocycles. The molecule has 0 unspecified atom stereocenters. The van der Waals surface area contributed by atoms with E-state index in [4.69, 9.17) is 18.0 Å². The van der Waals surface area contributed by atoms with Crippen molar-refractivity contribution in [2.45, 2.75) is 25.8 Å². The van der Waals surface area contributed by atoms with Gasteiger partial charge in [-0.2, -0.15) is 0 Å². The SMILES string of the molecule is NC(=S)c1ncccc1CN1CCCCc2ccccc21. The molecule has 0 bridgehead atoms. The first-order valence-electron chi connectivity index (χ1n) is 7.32. The van der Waals surface area contributed by atoms with Crippen molar-refractivity contribution in [1.29, 1.82) is 0 Å². The lowest BCUT2D eigenvalue weighted by atomic mass is 10.1. The van der Waals surface area contributed by atoms with Crippen LogP contribution in [0, 0.1) is 0 Å². The molecule has 21 heavy (non-hydrogen) atoms. The van der Waals surface area contributed by atoms with Crippen LogP contribution in [0.25, 0.3) is 0 Å². The minimum absolute atomic E-state index is 0.369. The van der Waals surface area contributed by atoms with Gasteiger partial charge >= 0.3 is 0 Å². The minimum atomic E-state index is 0.369. The standard InChI is InChI=1S/C17H19N3S/c18-17(21)16-14(8-5-10-19-16)12-20-11-4-3-7-13-6-1-2-9-15(13)20/h1-2,5-6,8-10H,3-4,7,11-12H2,(H2,18,21). The van der Waals surface area contributed by atoms with Crippen LogP contribution in [0.3, 0.4) is 0 Å². The molecule has 0 fully saturated rings. The van der Waals surface area contributed by atoms with Gasteiger partial charge in [0, 0.05) is 30.5 Å². The molecule has 1 aliphatic heterocycles. The van der Waals surface area contributed by atoms with Crippen LogP contribution in [0.15, 0.2) is 42.6 Å². The van der Waals surface area contributed by atoms with Crippen molar-refractivity contribution < 1.29 is 0 Å². The number of benzene rings is 1. The van der Waals surface area contributed by atoms with E-state index in [0.717, 1.165) is 30.8 Å². The third-order valence-corrected chi connectivity index (χ3v) is 4.14.